The van der Waals surface area contributed by atoms with Gasteiger partial charge in [-0.1, -0.05) is 11.6 Å². The van der Waals surface area contributed by atoms with Crippen LogP contribution in [0, 0.1) is 18.8 Å². The number of halogens is 1. The molecule has 4 nitrogen and oxygen atoms in total. The number of pyridine rings is 1. The molecule has 0 aromatic carbocycles. The summed E-state index contributed by atoms with van der Waals surface area (Å²) in [4.78, 5) is 21.4. The largest absolute Gasteiger partial charge is 0.269 e. The van der Waals surface area contributed by atoms with E-state index in [1.54, 1.807) is 29.0 Å². The van der Waals surface area contributed by atoms with Crippen molar-refractivity contribution in [3.8, 4) is 5.82 Å². The highest BCUT2D eigenvalue weighted by atomic mass is 35.5. The molecule has 2 aromatic heterocycles. The monoisotopic (exact) mass is 301 g/mol. The molecule has 0 amide bonds. The number of aryl methyl sites for hydroxylation is 1. The first-order valence-corrected chi connectivity index (χ1v) is 7.72. The predicted octanol–water partition coefficient (Wildman–Crippen LogP) is 3.10. The summed E-state index contributed by atoms with van der Waals surface area (Å²) in [5.74, 6) is 3.53. The van der Waals surface area contributed by atoms with Gasteiger partial charge in [-0.05, 0) is 50.2 Å². The molecule has 0 bridgehead atoms. The number of nitrogens with zero attached hydrogens (tertiary/aromatic N) is 3. The molecule has 21 heavy (non-hydrogen) atoms. The summed E-state index contributed by atoms with van der Waals surface area (Å²) in [7, 11) is 0. The summed E-state index contributed by atoms with van der Waals surface area (Å²) in [6.07, 6.45) is 5.22. The molecule has 0 radical (unpaired) electrons. The van der Waals surface area contributed by atoms with Gasteiger partial charge in [0.25, 0.3) is 5.56 Å². The van der Waals surface area contributed by atoms with Gasteiger partial charge in [-0.3, -0.25) is 4.79 Å². The van der Waals surface area contributed by atoms with Crippen LogP contribution in [0.3, 0.4) is 0 Å². The number of hydrogen-bond acceptors (Lipinski definition) is 3. The molecule has 2 aromatic rings. The van der Waals surface area contributed by atoms with E-state index < -0.39 is 0 Å². The second-order valence-corrected chi connectivity index (χ2v) is 6.62. The maximum absolute atomic E-state index is 12.4. The van der Waals surface area contributed by atoms with Crippen LogP contribution in [0.15, 0.2) is 29.2 Å². The molecule has 1 unspecified atom stereocenters. The van der Waals surface area contributed by atoms with E-state index in [0.29, 0.717) is 16.8 Å². The van der Waals surface area contributed by atoms with Gasteiger partial charge in [0.05, 0.1) is 5.02 Å². The topological polar surface area (TPSA) is 47.8 Å². The van der Waals surface area contributed by atoms with Crippen LogP contribution in [0.2, 0.25) is 5.02 Å². The maximum Gasteiger partial charge on any atom is 0.259 e. The third kappa shape index (κ3) is 2.27. The van der Waals surface area contributed by atoms with Crippen molar-refractivity contribution < 1.29 is 0 Å². The number of aromatic nitrogens is 3. The Morgan fingerprint density at radius 2 is 2.00 bits per heavy atom. The molecule has 0 N–H and O–H groups in total. The summed E-state index contributed by atoms with van der Waals surface area (Å²) < 4.78 is 1.65. The average Bonchev–Trinajstić information content (AvgIpc) is 3.06. The maximum atomic E-state index is 12.4. The Morgan fingerprint density at radius 3 is 2.67 bits per heavy atom. The zero-order valence-electron chi connectivity index (χ0n) is 11.8. The Labute approximate surface area is 127 Å². The molecule has 3 atom stereocenters. The van der Waals surface area contributed by atoms with Crippen LogP contribution >= 0.6 is 11.6 Å². The highest BCUT2D eigenvalue weighted by Crippen LogP contribution is 2.57. The number of hydrogen-bond donors (Lipinski definition) is 0. The van der Waals surface area contributed by atoms with Gasteiger partial charge >= 0.3 is 0 Å². The van der Waals surface area contributed by atoms with Crippen LogP contribution in [-0.4, -0.2) is 14.5 Å². The molecule has 2 heterocycles. The van der Waals surface area contributed by atoms with Gasteiger partial charge < -0.3 is 0 Å². The summed E-state index contributed by atoms with van der Waals surface area (Å²) >= 11 is 5.89. The van der Waals surface area contributed by atoms with Crippen molar-refractivity contribution in [2.45, 2.75) is 32.1 Å². The fourth-order valence-corrected chi connectivity index (χ4v) is 3.66. The van der Waals surface area contributed by atoms with E-state index in [4.69, 9.17) is 11.6 Å². The summed E-state index contributed by atoms with van der Waals surface area (Å²) in [5, 5.41) is 0.565. The van der Waals surface area contributed by atoms with Crippen molar-refractivity contribution in [2.24, 2.45) is 11.8 Å². The average molecular weight is 302 g/mol. The van der Waals surface area contributed by atoms with Gasteiger partial charge in [0, 0.05) is 23.9 Å². The molecule has 5 heteroatoms. The van der Waals surface area contributed by atoms with E-state index in [0.717, 1.165) is 36.2 Å². The minimum atomic E-state index is -0.0621. The Morgan fingerprint density at radius 1 is 1.24 bits per heavy atom. The molecule has 2 saturated carbocycles. The van der Waals surface area contributed by atoms with Crippen LogP contribution in [0.4, 0.5) is 0 Å². The van der Waals surface area contributed by atoms with E-state index in [-0.39, 0.29) is 5.56 Å². The number of fused-ring (bicyclic) bond motifs is 1. The second-order valence-electron chi connectivity index (χ2n) is 6.19. The predicted molar refractivity (Wildman–Crippen MR) is 80.9 cm³/mol. The molecular weight excluding hydrogens is 286 g/mol. The minimum absolute atomic E-state index is 0.0621. The quantitative estimate of drug-likeness (QED) is 0.856. The van der Waals surface area contributed by atoms with Gasteiger partial charge in [-0.25, -0.2) is 14.5 Å². The van der Waals surface area contributed by atoms with Gasteiger partial charge in [-0.2, -0.15) is 0 Å². The van der Waals surface area contributed by atoms with Crippen molar-refractivity contribution >= 4 is 11.6 Å². The highest BCUT2D eigenvalue weighted by Gasteiger charge is 2.47. The van der Waals surface area contributed by atoms with Crippen molar-refractivity contribution in [3.05, 3.63) is 51.3 Å². The van der Waals surface area contributed by atoms with Crippen molar-refractivity contribution in [2.75, 3.05) is 0 Å². The molecular formula is C16H16ClN3O. The normalized spacial score (nSPS) is 26.7. The van der Waals surface area contributed by atoms with E-state index in [1.165, 1.54) is 6.42 Å². The van der Waals surface area contributed by atoms with Crippen LogP contribution < -0.4 is 5.56 Å². The van der Waals surface area contributed by atoms with Crippen molar-refractivity contribution in [1.82, 2.24) is 14.5 Å². The van der Waals surface area contributed by atoms with Gasteiger partial charge in [0.2, 0.25) is 0 Å². The number of rotatable bonds is 2. The van der Waals surface area contributed by atoms with Gasteiger partial charge in [-0.15, -0.1) is 0 Å². The Kier molecular flexibility index (Phi) is 2.89. The van der Waals surface area contributed by atoms with Crippen LogP contribution in [0.1, 0.15) is 36.7 Å². The van der Waals surface area contributed by atoms with Gasteiger partial charge in [0.15, 0.2) is 0 Å². The SMILES string of the molecule is Cc1cc(=O)n(-c2ccc(Cl)cn2)c(C2C[C@@H]3C[C@@H]3C2)n1. The smallest absolute Gasteiger partial charge is 0.259 e. The lowest BCUT2D eigenvalue weighted by atomic mass is 10.0. The van der Waals surface area contributed by atoms with E-state index in [2.05, 4.69) is 9.97 Å². The van der Waals surface area contributed by atoms with E-state index in [1.807, 2.05) is 6.92 Å². The Bertz CT molecular complexity index is 743. The van der Waals surface area contributed by atoms with Gasteiger partial charge in [0.1, 0.15) is 11.6 Å². The molecule has 4 rings (SSSR count). The fraction of sp³-hybridized carbons (Fsp3) is 0.438. The van der Waals surface area contributed by atoms with Crippen LogP contribution in [0.25, 0.3) is 5.82 Å². The minimum Gasteiger partial charge on any atom is -0.269 e. The second kappa shape index (κ2) is 4.67. The third-order valence-corrected chi connectivity index (χ3v) is 4.85. The Balaban J connectivity index is 1.84. The fourth-order valence-electron chi connectivity index (χ4n) is 3.55. The molecule has 2 aliphatic rings. The molecule has 0 aliphatic heterocycles. The lowest BCUT2D eigenvalue weighted by Gasteiger charge is -2.17. The first-order valence-electron chi connectivity index (χ1n) is 7.34. The van der Waals surface area contributed by atoms with Crippen molar-refractivity contribution in [1.29, 1.82) is 0 Å². The third-order valence-electron chi connectivity index (χ3n) is 4.62. The lowest BCUT2D eigenvalue weighted by molar-refractivity contribution is 0.563. The zero-order chi connectivity index (χ0) is 14.6. The van der Waals surface area contributed by atoms with E-state index in [9.17, 15) is 4.79 Å². The standard InChI is InChI=1S/C16H16ClN3O/c1-9-4-15(21)20(14-3-2-13(17)8-18-14)16(19-9)12-6-10-5-11(10)7-12/h2-4,8,10-12H,5-7H2,1H3/t10-,11+,12?. The molecule has 2 aliphatic carbocycles. The molecule has 0 saturated heterocycles. The zero-order valence-corrected chi connectivity index (χ0v) is 12.5. The Hall–Kier alpha value is -1.68. The first kappa shape index (κ1) is 13.0. The van der Waals surface area contributed by atoms with E-state index >= 15 is 0 Å². The molecule has 0 spiro atoms. The lowest BCUT2D eigenvalue weighted by Crippen LogP contribution is -2.26. The summed E-state index contributed by atoms with van der Waals surface area (Å²) in [6, 6.07) is 5.10. The summed E-state index contributed by atoms with van der Waals surface area (Å²) in [6.45, 7) is 1.88. The first-order chi connectivity index (χ1) is 10.1. The highest BCUT2D eigenvalue weighted by molar-refractivity contribution is 6.30. The van der Waals surface area contributed by atoms with Crippen LogP contribution in [-0.2, 0) is 0 Å². The molecule has 2 fully saturated rings. The molecule has 108 valence electrons. The summed E-state index contributed by atoms with van der Waals surface area (Å²) in [5.41, 5.74) is 0.716. The van der Waals surface area contributed by atoms with Crippen LogP contribution in [0.5, 0.6) is 0 Å². The van der Waals surface area contributed by atoms with Crippen molar-refractivity contribution in [3.63, 3.8) is 0 Å².